The molecule has 0 saturated carbocycles. The highest BCUT2D eigenvalue weighted by Gasteiger charge is 2.02. The Morgan fingerprint density at radius 2 is 1.95 bits per heavy atom. The Morgan fingerprint density at radius 3 is 2.55 bits per heavy atom. The fourth-order valence-electron chi connectivity index (χ4n) is 1.55. The first-order valence-corrected chi connectivity index (χ1v) is 6.99. The van der Waals surface area contributed by atoms with Crippen LogP contribution >= 0.6 is 0 Å². The average molecular weight is 275 g/mol. The molecule has 0 saturated heterocycles. The van der Waals surface area contributed by atoms with Crippen molar-refractivity contribution in [1.82, 2.24) is 4.90 Å². The van der Waals surface area contributed by atoms with E-state index >= 15 is 0 Å². The van der Waals surface area contributed by atoms with Crippen LogP contribution in [0.3, 0.4) is 0 Å². The lowest BCUT2D eigenvalue weighted by Gasteiger charge is -2.10. The van der Waals surface area contributed by atoms with Crippen LogP contribution in [0.15, 0.2) is 22.3 Å². The van der Waals surface area contributed by atoms with E-state index in [0.717, 1.165) is 28.9 Å². The molecule has 0 aliphatic carbocycles. The van der Waals surface area contributed by atoms with E-state index in [0.29, 0.717) is 0 Å². The first kappa shape index (κ1) is 16.2. The molecule has 0 unspecified atom stereocenters. The topological polar surface area (TPSA) is 37.2 Å². The quantitative estimate of drug-likeness (QED) is 0.451. The number of hydrogen-bond acceptors (Lipinski definition) is 3. The number of nitrogens with zero attached hydrogens (tertiary/aromatic N) is 3. The Balaban J connectivity index is 2.91. The molecule has 4 nitrogen and oxygen atoms in total. The van der Waals surface area contributed by atoms with Gasteiger partial charge in [-0.3, -0.25) is 0 Å². The van der Waals surface area contributed by atoms with Crippen molar-refractivity contribution in [1.29, 1.82) is 0 Å². The molecule has 0 aliphatic heterocycles. The molecule has 0 heterocycles. The van der Waals surface area contributed by atoms with E-state index in [4.69, 9.17) is 4.84 Å². The molecule has 0 fully saturated rings. The molecule has 0 atom stereocenters. The third kappa shape index (κ3) is 5.03. The molecule has 0 radical (unpaired) electrons. The maximum absolute atomic E-state index is 5.20. The zero-order valence-electron chi connectivity index (χ0n) is 13.3. The van der Waals surface area contributed by atoms with Crippen molar-refractivity contribution in [2.75, 3.05) is 13.6 Å². The van der Waals surface area contributed by atoms with E-state index in [9.17, 15) is 0 Å². The normalized spacial score (nSPS) is 11.8. The van der Waals surface area contributed by atoms with Crippen LogP contribution in [0.1, 0.15) is 37.5 Å². The molecule has 0 spiro atoms. The minimum absolute atomic E-state index is 0.0982. The number of aliphatic imine (C=N–C) groups is 1. The zero-order chi connectivity index (χ0) is 15.1. The molecule has 20 heavy (non-hydrogen) atoms. The third-order valence-electron chi connectivity index (χ3n) is 2.94. The van der Waals surface area contributed by atoms with Crippen molar-refractivity contribution in [2.45, 2.75) is 40.7 Å². The Hall–Kier alpha value is -1.84. The number of aryl methyl sites for hydroxylation is 2. The predicted octanol–water partition coefficient (Wildman–Crippen LogP) is 3.67. The Bertz CT molecular complexity index is 493. The summed E-state index contributed by atoms with van der Waals surface area (Å²) in [7, 11) is 2.01. The van der Waals surface area contributed by atoms with Crippen LogP contribution in [-0.4, -0.2) is 37.1 Å². The van der Waals surface area contributed by atoms with Gasteiger partial charge in [0.1, 0.15) is 6.10 Å². The fourth-order valence-corrected chi connectivity index (χ4v) is 1.55. The van der Waals surface area contributed by atoms with Crippen LogP contribution in [0.2, 0.25) is 0 Å². The predicted molar refractivity (Wildman–Crippen MR) is 86.2 cm³/mol. The number of oxime groups is 1. The van der Waals surface area contributed by atoms with Gasteiger partial charge < -0.3 is 9.74 Å². The molecule has 110 valence electrons. The summed E-state index contributed by atoms with van der Waals surface area (Å²) >= 11 is 0. The van der Waals surface area contributed by atoms with Crippen molar-refractivity contribution in [3.63, 3.8) is 0 Å². The maximum Gasteiger partial charge on any atom is 0.122 e. The van der Waals surface area contributed by atoms with Gasteiger partial charge >= 0.3 is 0 Å². The van der Waals surface area contributed by atoms with Gasteiger partial charge in [-0.05, 0) is 63.4 Å². The first-order chi connectivity index (χ1) is 9.43. The summed E-state index contributed by atoms with van der Waals surface area (Å²) in [6, 6.07) is 4.16. The standard InChI is InChI=1S/C16H25N3O/c1-7-19(6)11-17-16-9-13(4)15(8-14(16)5)10-18-20-12(2)3/h8-12H,7H2,1-6H3/b17-11+,18-10+. The van der Waals surface area contributed by atoms with Gasteiger partial charge in [-0.2, -0.15) is 0 Å². The minimum atomic E-state index is 0.0982. The van der Waals surface area contributed by atoms with Gasteiger partial charge in [0, 0.05) is 13.6 Å². The van der Waals surface area contributed by atoms with Crippen LogP contribution in [0.5, 0.6) is 0 Å². The second-order valence-electron chi connectivity index (χ2n) is 5.20. The Kier molecular flexibility index (Phi) is 6.22. The maximum atomic E-state index is 5.20. The molecule has 0 bridgehead atoms. The van der Waals surface area contributed by atoms with E-state index in [1.807, 2.05) is 32.1 Å². The summed E-state index contributed by atoms with van der Waals surface area (Å²) in [5, 5.41) is 3.99. The number of hydrogen-bond donors (Lipinski definition) is 0. The summed E-state index contributed by atoms with van der Waals surface area (Å²) in [5.41, 5.74) is 4.32. The number of benzene rings is 1. The van der Waals surface area contributed by atoms with Crippen molar-refractivity contribution in [3.8, 4) is 0 Å². The Morgan fingerprint density at radius 1 is 1.25 bits per heavy atom. The largest absolute Gasteiger partial charge is 0.393 e. The third-order valence-corrected chi connectivity index (χ3v) is 2.94. The summed E-state index contributed by atoms with van der Waals surface area (Å²) in [4.78, 5) is 11.8. The van der Waals surface area contributed by atoms with Gasteiger partial charge in [-0.25, -0.2) is 4.99 Å². The second-order valence-corrected chi connectivity index (χ2v) is 5.20. The lowest BCUT2D eigenvalue weighted by molar-refractivity contribution is 0.0873. The number of rotatable bonds is 6. The molecule has 1 aromatic rings. The van der Waals surface area contributed by atoms with Crippen LogP contribution in [0.4, 0.5) is 5.69 Å². The highest BCUT2D eigenvalue weighted by molar-refractivity contribution is 5.83. The van der Waals surface area contributed by atoms with Crippen molar-refractivity contribution in [3.05, 3.63) is 28.8 Å². The van der Waals surface area contributed by atoms with Crippen LogP contribution in [-0.2, 0) is 4.84 Å². The Labute approximate surface area is 122 Å². The van der Waals surface area contributed by atoms with Crippen LogP contribution in [0, 0.1) is 13.8 Å². The SMILES string of the molecule is CCN(C)/C=N/c1cc(C)c(/C=N/OC(C)C)cc1C. The zero-order valence-corrected chi connectivity index (χ0v) is 13.3. The van der Waals surface area contributed by atoms with Crippen molar-refractivity contribution >= 4 is 18.2 Å². The summed E-state index contributed by atoms with van der Waals surface area (Å²) in [5.74, 6) is 0. The summed E-state index contributed by atoms with van der Waals surface area (Å²) in [6.45, 7) is 11.1. The van der Waals surface area contributed by atoms with Gasteiger partial charge in [-0.15, -0.1) is 0 Å². The molecule has 0 N–H and O–H groups in total. The molecule has 0 aliphatic rings. The van der Waals surface area contributed by atoms with E-state index in [2.05, 4.69) is 43.1 Å². The van der Waals surface area contributed by atoms with Gasteiger partial charge in [-0.1, -0.05) is 5.16 Å². The first-order valence-electron chi connectivity index (χ1n) is 6.99. The van der Waals surface area contributed by atoms with E-state index in [1.165, 1.54) is 0 Å². The van der Waals surface area contributed by atoms with Crippen LogP contribution in [0.25, 0.3) is 0 Å². The van der Waals surface area contributed by atoms with Crippen molar-refractivity contribution < 1.29 is 4.84 Å². The van der Waals surface area contributed by atoms with Gasteiger partial charge in [0.05, 0.1) is 18.2 Å². The molecule has 1 aromatic carbocycles. The lowest BCUT2D eigenvalue weighted by Crippen LogP contribution is -2.14. The molecule has 4 heteroatoms. The van der Waals surface area contributed by atoms with E-state index < -0.39 is 0 Å². The van der Waals surface area contributed by atoms with Crippen molar-refractivity contribution in [2.24, 2.45) is 10.1 Å². The summed E-state index contributed by atoms with van der Waals surface area (Å²) in [6.07, 6.45) is 3.71. The molecular formula is C16H25N3O. The van der Waals surface area contributed by atoms with E-state index in [1.54, 1.807) is 6.21 Å². The fraction of sp³-hybridized carbons (Fsp3) is 0.500. The summed E-state index contributed by atoms with van der Waals surface area (Å²) < 4.78 is 0. The van der Waals surface area contributed by atoms with E-state index in [-0.39, 0.29) is 6.10 Å². The van der Waals surface area contributed by atoms with Gasteiger partial charge in [0.25, 0.3) is 0 Å². The highest BCUT2D eigenvalue weighted by atomic mass is 16.6. The smallest absolute Gasteiger partial charge is 0.122 e. The molecular weight excluding hydrogens is 250 g/mol. The van der Waals surface area contributed by atoms with Gasteiger partial charge in [0.2, 0.25) is 0 Å². The van der Waals surface area contributed by atoms with Crippen LogP contribution < -0.4 is 0 Å². The molecule has 0 amide bonds. The van der Waals surface area contributed by atoms with Gasteiger partial charge in [0.15, 0.2) is 0 Å². The second kappa shape index (κ2) is 7.68. The molecule has 1 rings (SSSR count). The average Bonchev–Trinajstić information content (AvgIpc) is 2.39. The monoisotopic (exact) mass is 275 g/mol. The highest BCUT2D eigenvalue weighted by Crippen LogP contribution is 2.22. The minimum Gasteiger partial charge on any atom is -0.393 e. The molecule has 0 aromatic heterocycles. The lowest BCUT2D eigenvalue weighted by atomic mass is 10.0.